The second kappa shape index (κ2) is 9.25. The van der Waals surface area contributed by atoms with Crippen LogP contribution in [0.3, 0.4) is 0 Å². The maximum absolute atomic E-state index is 4.93. The summed E-state index contributed by atoms with van der Waals surface area (Å²) in [6.45, 7) is 23.5. The Morgan fingerprint density at radius 2 is 0.667 bits per heavy atom. The van der Waals surface area contributed by atoms with Gasteiger partial charge in [-0.25, -0.2) is 0 Å². The quantitative estimate of drug-likeness (QED) is 0.386. The van der Waals surface area contributed by atoms with E-state index in [1.165, 1.54) is 47.3 Å². The topological polar surface area (TPSA) is 0 Å². The van der Waals surface area contributed by atoms with Crippen LogP contribution in [0.4, 0.5) is 0 Å². The van der Waals surface area contributed by atoms with E-state index in [0.29, 0.717) is 0 Å². The fourth-order valence-electron chi connectivity index (χ4n) is 4.44. The molecule has 4 heteroatoms. The average molecular weight is 461 g/mol. The first-order chi connectivity index (χ1) is 10.9. The van der Waals surface area contributed by atoms with Gasteiger partial charge in [-0.1, -0.05) is 68.5 Å². The molecule has 0 aromatic heterocycles. The van der Waals surface area contributed by atoms with Gasteiger partial charge in [-0.3, -0.25) is 0 Å². The first kappa shape index (κ1) is 23.7. The Labute approximate surface area is 171 Å². The van der Waals surface area contributed by atoms with E-state index in [-0.39, 0.29) is 0 Å². The van der Waals surface area contributed by atoms with Crippen molar-refractivity contribution in [2.45, 2.75) is 68.5 Å². The van der Waals surface area contributed by atoms with E-state index in [2.05, 4.69) is 68.5 Å². The summed E-state index contributed by atoms with van der Waals surface area (Å²) in [6, 6.07) is 0. The number of rotatable bonds is 2. The number of halogens is 2. The normalized spacial score (nSPS) is 26.3. The summed E-state index contributed by atoms with van der Waals surface area (Å²) < 4.78 is 0. The number of hydrogen-bond acceptors (Lipinski definition) is 0. The van der Waals surface area contributed by atoms with Crippen LogP contribution in [-0.2, 0) is 20.8 Å². The zero-order chi connectivity index (χ0) is 19.0. The van der Waals surface area contributed by atoms with Gasteiger partial charge in [0.15, 0.2) is 0 Å². The first-order valence-corrected chi connectivity index (χ1v) is 17.7. The van der Waals surface area contributed by atoms with Crippen molar-refractivity contribution in [2.75, 3.05) is 0 Å². The molecular formula is C20H30Cl2SiZr. The van der Waals surface area contributed by atoms with Crippen LogP contribution in [-0.4, -0.2) is 8.07 Å². The fourth-order valence-corrected chi connectivity index (χ4v) is 9.19. The molecule has 0 aromatic carbocycles. The van der Waals surface area contributed by atoms with E-state index in [9.17, 15) is 0 Å². The molecule has 0 spiro atoms. The molecule has 0 amide bonds. The first-order valence-electron chi connectivity index (χ1n) is 8.38. The molecule has 10 radical (unpaired) electrons. The molecule has 0 aliphatic heterocycles. The van der Waals surface area contributed by atoms with Crippen LogP contribution in [0.25, 0.3) is 0 Å². The molecule has 132 valence electrons. The molecule has 2 saturated carbocycles. The van der Waals surface area contributed by atoms with Gasteiger partial charge in [0, 0.05) is 0 Å². The van der Waals surface area contributed by atoms with Crippen molar-refractivity contribution in [1.82, 2.24) is 0 Å². The predicted molar refractivity (Wildman–Crippen MR) is 107 cm³/mol. The van der Waals surface area contributed by atoms with Gasteiger partial charge in [-0.05, 0) is 58.4 Å². The molecule has 2 aliphatic rings. The van der Waals surface area contributed by atoms with E-state index in [1.807, 2.05) is 0 Å². The molecule has 0 bridgehead atoms. The van der Waals surface area contributed by atoms with Crippen molar-refractivity contribution in [3.05, 3.63) is 58.4 Å². The maximum atomic E-state index is 4.93. The third-order valence-corrected chi connectivity index (χ3v) is 10.1. The minimum absolute atomic E-state index is 0.826. The second-order valence-corrected chi connectivity index (χ2v) is 15.4. The van der Waals surface area contributed by atoms with Gasteiger partial charge in [0.25, 0.3) is 0 Å². The molecule has 24 heavy (non-hydrogen) atoms. The molecule has 0 saturated heterocycles. The molecule has 0 heterocycles. The zero-order valence-corrected chi connectivity index (χ0v) is 21.7. The van der Waals surface area contributed by atoms with Crippen molar-refractivity contribution in [1.29, 1.82) is 0 Å². The Morgan fingerprint density at radius 3 is 0.833 bits per heavy atom. The Bertz CT molecular complexity index is 341. The monoisotopic (exact) mass is 458 g/mol. The van der Waals surface area contributed by atoms with Crippen LogP contribution in [0.15, 0.2) is 0 Å². The van der Waals surface area contributed by atoms with Crippen LogP contribution in [0.1, 0.15) is 55.4 Å². The molecular weight excluding hydrogens is 430 g/mol. The molecule has 0 N–H and O–H groups in total. The van der Waals surface area contributed by atoms with Crippen LogP contribution < -0.4 is 0 Å². The summed E-state index contributed by atoms with van der Waals surface area (Å²) in [5, 5.41) is 0. The summed E-state index contributed by atoms with van der Waals surface area (Å²) in [5.41, 5.74) is 3.35. The van der Waals surface area contributed by atoms with Crippen molar-refractivity contribution in [2.24, 2.45) is 0 Å². The van der Waals surface area contributed by atoms with Gasteiger partial charge >= 0.3 is 37.9 Å². The molecule has 0 atom stereocenters. The molecule has 0 unspecified atom stereocenters. The summed E-state index contributed by atoms with van der Waals surface area (Å²) in [5.74, 6) is 12.1. The third-order valence-electron chi connectivity index (χ3n) is 6.12. The van der Waals surface area contributed by atoms with Crippen molar-refractivity contribution in [3.8, 4) is 0 Å². The van der Waals surface area contributed by atoms with E-state index >= 15 is 0 Å². The van der Waals surface area contributed by atoms with Crippen LogP contribution >= 0.6 is 17.0 Å². The second-order valence-electron chi connectivity index (χ2n) is 7.45. The molecule has 2 aliphatic carbocycles. The molecule has 2 fully saturated rings. The van der Waals surface area contributed by atoms with E-state index in [4.69, 9.17) is 17.0 Å². The summed E-state index contributed by atoms with van der Waals surface area (Å²) in [4.78, 5) is 0. The van der Waals surface area contributed by atoms with Gasteiger partial charge in [-0.2, -0.15) is 0 Å². The predicted octanol–water partition coefficient (Wildman–Crippen LogP) is 7.08. The van der Waals surface area contributed by atoms with Gasteiger partial charge < -0.3 is 0 Å². The third kappa shape index (κ3) is 4.23. The molecule has 0 nitrogen and oxygen atoms in total. The Balaban J connectivity index is 0.000000891. The van der Waals surface area contributed by atoms with E-state index in [1.54, 1.807) is 11.1 Å². The molecule has 2 rings (SSSR count). The van der Waals surface area contributed by atoms with Gasteiger partial charge in [0.2, 0.25) is 0 Å². The van der Waals surface area contributed by atoms with Crippen LogP contribution in [0.2, 0.25) is 13.1 Å². The van der Waals surface area contributed by atoms with E-state index in [0.717, 1.165) is 0 Å². The van der Waals surface area contributed by atoms with Crippen molar-refractivity contribution in [3.63, 3.8) is 0 Å². The number of hydrogen-bond donors (Lipinski definition) is 0. The Hall–Kier alpha value is 1.68. The Morgan fingerprint density at radius 1 is 0.500 bits per heavy atom. The van der Waals surface area contributed by atoms with Crippen molar-refractivity contribution >= 4 is 25.1 Å². The van der Waals surface area contributed by atoms with Crippen molar-refractivity contribution < 1.29 is 20.8 Å². The standard InChI is InChI=1S/C20H30Si.2ClH.Zr/c1-11-12(2)16(6)19(15(11)5)21(9,10)20-17(7)13(3)14(4)18(20)8;;;/h1-10H3;2*1H;/q;;;+2/p-2. The van der Waals surface area contributed by atoms with Crippen LogP contribution in [0.5, 0.6) is 0 Å². The average Bonchev–Trinajstić information content (AvgIpc) is 2.81. The van der Waals surface area contributed by atoms with Crippen LogP contribution in [0, 0.1) is 58.4 Å². The minimum atomic E-state index is -1.65. The van der Waals surface area contributed by atoms with Gasteiger partial charge in [0.05, 0.1) is 8.07 Å². The Kier molecular flexibility index (Phi) is 9.14. The summed E-state index contributed by atoms with van der Waals surface area (Å²) in [6.07, 6.45) is 0. The molecule has 0 aromatic rings. The van der Waals surface area contributed by atoms with Gasteiger partial charge in [0.1, 0.15) is 0 Å². The fraction of sp³-hybridized carbons (Fsp3) is 0.500. The summed E-state index contributed by atoms with van der Waals surface area (Å²) >= 11 is -0.826. The zero-order valence-electron chi connectivity index (χ0n) is 16.8. The van der Waals surface area contributed by atoms with Gasteiger partial charge in [-0.15, -0.1) is 0 Å². The SMILES string of the molecule is C[C]1[C](C)[C](C)[C]([Si](C)(C)[C]2[C](C)[C](C)[C](C)[C]2C)[C]1C.[Cl][Zr][Cl]. The summed E-state index contributed by atoms with van der Waals surface area (Å²) in [7, 11) is 8.21. The van der Waals surface area contributed by atoms with E-state index < -0.39 is 28.9 Å².